The first-order valence-electron chi connectivity index (χ1n) is 10.4. The van der Waals surface area contributed by atoms with Crippen LogP contribution < -0.4 is 17.0 Å². The average Bonchev–Trinajstić information content (AvgIpc) is 2.62. The predicted molar refractivity (Wildman–Crippen MR) is 110 cm³/mol. The van der Waals surface area contributed by atoms with Crippen molar-refractivity contribution in [1.82, 2.24) is 0 Å². The van der Waals surface area contributed by atoms with Gasteiger partial charge in [0.1, 0.15) is 0 Å². The second-order valence-corrected chi connectivity index (χ2v) is 7.14. The molecule has 2 heteroatoms. The lowest BCUT2D eigenvalue weighted by molar-refractivity contribution is -0.929. The third-order valence-corrected chi connectivity index (χ3v) is 4.79. The van der Waals surface area contributed by atoms with E-state index in [1.807, 2.05) is 30.3 Å². The highest BCUT2D eigenvalue weighted by molar-refractivity contribution is 5.16. The van der Waals surface area contributed by atoms with E-state index in [2.05, 4.69) is 34.6 Å². The Morgan fingerprint density at radius 1 is 0.640 bits per heavy atom. The van der Waals surface area contributed by atoms with Crippen molar-refractivity contribution in [3.8, 4) is 0 Å². The number of unbranched alkanes of at least 4 members (excludes halogenated alkanes) is 4. The van der Waals surface area contributed by atoms with E-state index in [1.165, 1.54) is 82.0 Å². The van der Waals surface area contributed by atoms with E-state index in [1.54, 1.807) is 0 Å². The highest BCUT2D eigenvalue weighted by Crippen LogP contribution is 2.16. The van der Waals surface area contributed by atoms with Gasteiger partial charge in [-0.15, -0.1) is 0 Å². The highest BCUT2D eigenvalue weighted by atomic mass is 79.9. The number of rotatable bonds is 12. The molecule has 0 aliphatic heterocycles. The Labute approximate surface area is 169 Å². The maximum Gasteiger partial charge on any atom is 0.0786 e. The maximum absolute atomic E-state index is 3.72. The molecular formula is C23H43BrN. The number of quaternary nitrogens is 1. The van der Waals surface area contributed by atoms with Crippen LogP contribution in [0.5, 0.6) is 0 Å². The summed E-state index contributed by atoms with van der Waals surface area (Å²) < 4.78 is 1.42. The molecular weight excluding hydrogens is 370 g/mol. The van der Waals surface area contributed by atoms with Crippen LogP contribution in [0.3, 0.4) is 0 Å². The molecule has 0 unspecified atom stereocenters. The van der Waals surface area contributed by atoms with E-state index in [0.717, 1.165) is 5.56 Å². The zero-order valence-electron chi connectivity index (χ0n) is 17.4. The normalized spacial score (nSPS) is 10.6. The average molecular weight is 414 g/mol. The van der Waals surface area contributed by atoms with Crippen molar-refractivity contribution in [2.24, 2.45) is 0 Å². The van der Waals surface area contributed by atoms with Crippen LogP contribution in [-0.4, -0.2) is 30.7 Å². The lowest BCUT2D eigenvalue weighted by Crippen LogP contribution is -3.00. The van der Waals surface area contributed by atoms with Gasteiger partial charge in [-0.1, -0.05) is 83.7 Å². The smallest absolute Gasteiger partial charge is 0.0786 e. The molecule has 1 rings (SSSR count). The molecule has 0 heterocycles. The molecule has 0 atom stereocenters. The van der Waals surface area contributed by atoms with E-state index < -0.39 is 0 Å². The molecule has 25 heavy (non-hydrogen) atoms. The third kappa shape index (κ3) is 14.5. The molecule has 0 aromatic heterocycles. The standard InChI is InChI=1S/C16H36N.C7H7.BrH/c1-5-9-13-17(14-10-6-2,15-11-7-3)16-12-8-4;1-7-5-3-2-4-6-7;/h5-16H2,1-4H3;2-6H,1H2;1H/q+1;;/p-1. The van der Waals surface area contributed by atoms with Crippen molar-refractivity contribution in [2.45, 2.75) is 79.1 Å². The predicted octanol–water partition coefficient (Wildman–Crippen LogP) is 3.88. The minimum Gasteiger partial charge on any atom is -1.00 e. The number of nitrogens with zero attached hydrogens (tertiary/aromatic N) is 1. The molecule has 1 radical (unpaired) electrons. The van der Waals surface area contributed by atoms with Crippen LogP contribution in [0.1, 0.15) is 84.6 Å². The van der Waals surface area contributed by atoms with Gasteiger partial charge in [0, 0.05) is 0 Å². The van der Waals surface area contributed by atoms with E-state index in [-0.39, 0.29) is 17.0 Å². The molecule has 1 aromatic rings. The van der Waals surface area contributed by atoms with Gasteiger partial charge in [-0.05, 0) is 38.2 Å². The molecule has 0 saturated carbocycles. The largest absolute Gasteiger partial charge is 1.00 e. The summed E-state index contributed by atoms with van der Waals surface area (Å²) in [4.78, 5) is 0. The van der Waals surface area contributed by atoms with E-state index in [4.69, 9.17) is 0 Å². The van der Waals surface area contributed by atoms with Crippen molar-refractivity contribution in [3.05, 3.63) is 42.8 Å². The van der Waals surface area contributed by atoms with Gasteiger partial charge in [-0.25, -0.2) is 0 Å². The van der Waals surface area contributed by atoms with Gasteiger partial charge < -0.3 is 21.5 Å². The Morgan fingerprint density at radius 2 is 0.960 bits per heavy atom. The zero-order valence-corrected chi connectivity index (χ0v) is 19.0. The summed E-state index contributed by atoms with van der Waals surface area (Å²) in [5.41, 5.74) is 1.07. The maximum atomic E-state index is 3.72. The van der Waals surface area contributed by atoms with E-state index in [9.17, 15) is 0 Å². The first-order valence-corrected chi connectivity index (χ1v) is 10.4. The summed E-state index contributed by atoms with van der Waals surface area (Å²) in [6.45, 7) is 18.7. The van der Waals surface area contributed by atoms with Crippen molar-refractivity contribution >= 4 is 0 Å². The Balaban J connectivity index is 0. The minimum atomic E-state index is 0. The molecule has 0 bridgehead atoms. The first-order chi connectivity index (χ1) is 11.6. The van der Waals surface area contributed by atoms with Crippen LogP contribution in [-0.2, 0) is 0 Å². The van der Waals surface area contributed by atoms with Gasteiger partial charge >= 0.3 is 0 Å². The zero-order chi connectivity index (χ0) is 18.1. The van der Waals surface area contributed by atoms with Crippen molar-refractivity contribution in [3.63, 3.8) is 0 Å². The van der Waals surface area contributed by atoms with Gasteiger partial charge in [-0.3, -0.25) is 0 Å². The van der Waals surface area contributed by atoms with Crippen molar-refractivity contribution in [1.29, 1.82) is 0 Å². The van der Waals surface area contributed by atoms with Gasteiger partial charge in [-0.2, -0.15) is 0 Å². The van der Waals surface area contributed by atoms with Gasteiger partial charge in [0.2, 0.25) is 0 Å². The molecule has 0 fully saturated rings. The molecule has 1 aromatic carbocycles. The minimum absolute atomic E-state index is 0. The first kappa shape index (κ1) is 26.9. The summed E-state index contributed by atoms with van der Waals surface area (Å²) >= 11 is 0. The van der Waals surface area contributed by atoms with E-state index in [0.29, 0.717) is 0 Å². The Bertz CT molecular complexity index is 326. The molecule has 1 nitrogen and oxygen atoms in total. The second kappa shape index (κ2) is 18.5. The van der Waals surface area contributed by atoms with Crippen LogP contribution in [0.2, 0.25) is 0 Å². The lowest BCUT2D eigenvalue weighted by Gasteiger charge is -2.39. The molecule has 0 amide bonds. The van der Waals surface area contributed by atoms with Gasteiger partial charge in [0.25, 0.3) is 0 Å². The second-order valence-electron chi connectivity index (χ2n) is 7.14. The quantitative estimate of drug-likeness (QED) is 0.457. The number of halogens is 1. The number of hydrogen-bond acceptors (Lipinski definition) is 0. The summed E-state index contributed by atoms with van der Waals surface area (Å²) in [7, 11) is 0. The van der Waals surface area contributed by atoms with Crippen molar-refractivity contribution in [2.75, 3.05) is 26.2 Å². The molecule has 0 spiro atoms. The molecule has 0 saturated heterocycles. The fraction of sp³-hybridized carbons (Fsp3) is 0.696. The number of benzene rings is 1. The van der Waals surface area contributed by atoms with Crippen LogP contribution in [0.15, 0.2) is 30.3 Å². The van der Waals surface area contributed by atoms with Crippen LogP contribution in [0.25, 0.3) is 0 Å². The Hall–Kier alpha value is -0.340. The lowest BCUT2D eigenvalue weighted by atomic mass is 10.1. The van der Waals surface area contributed by atoms with Crippen LogP contribution in [0.4, 0.5) is 0 Å². The van der Waals surface area contributed by atoms with Crippen LogP contribution in [0, 0.1) is 6.92 Å². The summed E-state index contributed by atoms with van der Waals surface area (Å²) in [6.07, 6.45) is 11.1. The van der Waals surface area contributed by atoms with E-state index >= 15 is 0 Å². The number of hydrogen-bond donors (Lipinski definition) is 0. The molecule has 147 valence electrons. The summed E-state index contributed by atoms with van der Waals surface area (Å²) in [6, 6.07) is 9.87. The van der Waals surface area contributed by atoms with Gasteiger partial charge in [0.15, 0.2) is 0 Å². The SMILES string of the molecule is CCCC[N+](CCCC)(CCCC)CCCC.[Br-].[CH2]c1ccccc1. The summed E-state index contributed by atoms with van der Waals surface area (Å²) in [5, 5.41) is 0. The monoisotopic (exact) mass is 412 g/mol. The molecule has 0 aliphatic rings. The van der Waals surface area contributed by atoms with Crippen molar-refractivity contribution < 1.29 is 21.5 Å². The topological polar surface area (TPSA) is 0 Å². The molecule has 0 N–H and O–H groups in total. The Morgan fingerprint density at radius 3 is 1.16 bits per heavy atom. The van der Waals surface area contributed by atoms with Crippen LogP contribution >= 0.6 is 0 Å². The Kier molecular flexibility index (Phi) is 19.8. The molecule has 0 aliphatic carbocycles. The third-order valence-electron chi connectivity index (χ3n) is 4.79. The fourth-order valence-electron chi connectivity index (χ4n) is 3.12. The van der Waals surface area contributed by atoms with Gasteiger partial charge in [0.05, 0.1) is 26.2 Å². The summed E-state index contributed by atoms with van der Waals surface area (Å²) in [5.74, 6) is 0. The fourth-order valence-corrected chi connectivity index (χ4v) is 3.12. The highest BCUT2D eigenvalue weighted by Gasteiger charge is 2.24.